The summed E-state index contributed by atoms with van der Waals surface area (Å²) in [6.45, 7) is 3.16. The van der Waals surface area contributed by atoms with E-state index in [1.807, 2.05) is 36.9 Å². The van der Waals surface area contributed by atoms with Crippen molar-refractivity contribution in [2.24, 2.45) is 7.05 Å². The molecule has 0 atom stereocenters. The smallest absolute Gasteiger partial charge is 0.243 e. The molecule has 1 heterocycles. The van der Waals surface area contributed by atoms with Gasteiger partial charge < -0.3 is 14.2 Å². The molecule has 0 saturated heterocycles. The highest BCUT2D eigenvalue weighted by Crippen LogP contribution is 2.19. The van der Waals surface area contributed by atoms with Crippen LogP contribution >= 0.6 is 11.6 Å². The molecular formula is C21H30ClN3O4S. The number of carbonyl (C=O) groups is 1. The molecule has 1 aromatic carbocycles. The Bertz CT molecular complexity index is 913. The van der Waals surface area contributed by atoms with E-state index in [1.165, 1.54) is 28.6 Å². The van der Waals surface area contributed by atoms with Crippen molar-refractivity contribution in [2.45, 2.75) is 31.2 Å². The summed E-state index contributed by atoms with van der Waals surface area (Å²) in [5, 5.41) is 0.457. The molecule has 0 radical (unpaired) electrons. The molecule has 0 saturated carbocycles. The second-order valence-electron chi connectivity index (χ2n) is 7.06. The lowest BCUT2D eigenvalue weighted by atomic mass is 10.3. The Morgan fingerprint density at radius 1 is 1.17 bits per heavy atom. The monoisotopic (exact) mass is 455 g/mol. The van der Waals surface area contributed by atoms with Crippen LogP contribution < -0.4 is 0 Å². The summed E-state index contributed by atoms with van der Waals surface area (Å²) in [5.41, 5.74) is 0.958. The molecule has 0 N–H and O–H groups in total. The van der Waals surface area contributed by atoms with E-state index < -0.39 is 10.0 Å². The van der Waals surface area contributed by atoms with Gasteiger partial charge >= 0.3 is 0 Å². The normalized spacial score (nSPS) is 11.8. The molecule has 0 unspecified atom stereocenters. The fourth-order valence-corrected chi connectivity index (χ4v) is 4.53. The average molecular weight is 456 g/mol. The van der Waals surface area contributed by atoms with Crippen LogP contribution in [-0.2, 0) is 33.1 Å². The predicted molar refractivity (Wildman–Crippen MR) is 118 cm³/mol. The third-order valence-corrected chi connectivity index (χ3v) is 6.96. The third-order valence-electron chi connectivity index (χ3n) is 4.85. The van der Waals surface area contributed by atoms with Gasteiger partial charge in [-0.3, -0.25) is 4.79 Å². The Morgan fingerprint density at radius 2 is 1.87 bits per heavy atom. The van der Waals surface area contributed by atoms with Crippen molar-refractivity contribution in [3.05, 3.63) is 53.3 Å². The maximum absolute atomic E-state index is 13.2. The highest BCUT2D eigenvalue weighted by atomic mass is 35.5. The summed E-state index contributed by atoms with van der Waals surface area (Å²) >= 11 is 5.90. The van der Waals surface area contributed by atoms with Gasteiger partial charge in [0.1, 0.15) is 0 Å². The van der Waals surface area contributed by atoms with Gasteiger partial charge in [0.2, 0.25) is 15.9 Å². The Kier molecular flexibility index (Phi) is 9.36. The third kappa shape index (κ3) is 6.57. The van der Waals surface area contributed by atoms with E-state index in [-0.39, 0.29) is 23.9 Å². The van der Waals surface area contributed by atoms with E-state index in [0.29, 0.717) is 31.1 Å². The zero-order valence-electron chi connectivity index (χ0n) is 17.8. The minimum Gasteiger partial charge on any atom is -0.383 e. The van der Waals surface area contributed by atoms with E-state index in [4.69, 9.17) is 16.3 Å². The van der Waals surface area contributed by atoms with Gasteiger partial charge in [0, 0.05) is 44.2 Å². The first-order valence-corrected chi connectivity index (χ1v) is 11.7. The molecule has 0 aliphatic carbocycles. The van der Waals surface area contributed by atoms with E-state index >= 15 is 0 Å². The number of benzene rings is 1. The molecule has 1 aromatic heterocycles. The number of aryl methyl sites for hydroxylation is 1. The second-order valence-corrected chi connectivity index (χ2v) is 9.44. The van der Waals surface area contributed by atoms with Gasteiger partial charge in [0.25, 0.3) is 0 Å². The molecular weight excluding hydrogens is 426 g/mol. The van der Waals surface area contributed by atoms with E-state index in [0.717, 1.165) is 12.1 Å². The SMILES string of the molecule is CCCCN(CC(=O)N(CCOC)Cc1cccn1C)S(=O)(=O)c1ccc(Cl)cc1. The molecule has 166 valence electrons. The van der Waals surface area contributed by atoms with Gasteiger partial charge in [0.05, 0.1) is 24.6 Å². The van der Waals surface area contributed by atoms with Crippen LogP contribution in [0.3, 0.4) is 0 Å². The fourth-order valence-electron chi connectivity index (χ4n) is 2.97. The van der Waals surface area contributed by atoms with E-state index in [9.17, 15) is 13.2 Å². The molecule has 0 aliphatic rings. The lowest BCUT2D eigenvalue weighted by Gasteiger charge is -2.27. The van der Waals surface area contributed by atoms with Gasteiger partial charge in [-0.15, -0.1) is 0 Å². The first-order chi connectivity index (χ1) is 14.3. The molecule has 0 aliphatic heterocycles. The van der Waals surface area contributed by atoms with Crippen molar-refractivity contribution in [1.82, 2.24) is 13.8 Å². The van der Waals surface area contributed by atoms with Crippen LogP contribution in [0.25, 0.3) is 0 Å². The van der Waals surface area contributed by atoms with Crippen LogP contribution in [0.2, 0.25) is 5.02 Å². The van der Waals surface area contributed by atoms with Crippen molar-refractivity contribution >= 4 is 27.5 Å². The van der Waals surface area contributed by atoms with Crippen LogP contribution in [0.15, 0.2) is 47.5 Å². The molecule has 9 heteroatoms. The second kappa shape index (κ2) is 11.5. The first-order valence-electron chi connectivity index (χ1n) is 9.92. The average Bonchev–Trinajstić information content (AvgIpc) is 3.12. The number of hydrogen-bond acceptors (Lipinski definition) is 4. The zero-order valence-corrected chi connectivity index (χ0v) is 19.3. The minimum atomic E-state index is -3.82. The van der Waals surface area contributed by atoms with Crippen LogP contribution in [-0.4, -0.2) is 61.4 Å². The molecule has 0 spiro atoms. The molecule has 0 fully saturated rings. The largest absolute Gasteiger partial charge is 0.383 e. The van der Waals surface area contributed by atoms with Gasteiger partial charge in [0.15, 0.2) is 0 Å². The summed E-state index contributed by atoms with van der Waals surface area (Å²) in [4.78, 5) is 14.9. The van der Waals surface area contributed by atoms with Gasteiger partial charge in [-0.1, -0.05) is 24.9 Å². The number of nitrogens with zero attached hydrogens (tertiary/aromatic N) is 3. The number of sulfonamides is 1. The predicted octanol–water partition coefficient (Wildman–Crippen LogP) is 3.14. The number of amides is 1. The van der Waals surface area contributed by atoms with Crippen molar-refractivity contribution in [1.29, 1.82) is 0 Å². The number of hydrogen-bond donors (Lipinski definition) is 0. The number of ether oxygens (including phenoxy) is 1. The molecule has 30 heavy (non-hydrogen) atoms. The van der Waals surface area contributed by atoms with Crippen molar-refractivity contribution in [3.8, 4) is 0 Å². The molecule has 0 bridgehead atoms. The number of unbranched alkanes of at least 4 members (excludes halogenated alkanes) is 1. The summed E-state index contributed by atoms with van der Waals surface area (Å²) in [7, 11) is -0.336. The fraction of sp³-hybridized carbons (Fsp3) is 0.476. The lowest BCUT2D eigenvalue weighted by molar-refractivity contribution is -0.132. The Labute approximate surface area is 184 Å². The Hall–Kier alpha value is -1.87. The molecule has 1 amide bonds. The Morgan fingerprint density at radius 3 is 2.43 bits per heavy atom. The standard InChI is InChI=1S/C21H30ClN3O4S/c1-4-5-13-25(30(27,28)20-10-8-18(22)9-11-20)17-21(26)24(14-15-29-3)16-19-7-6-12-23(19)2/h6-12H,4-5,13-17H2,1-3H3. The lowest BCUT2D eigenvalue weighted by Crippen LogP contribution is -2.44. The van der Waals surface area contributed by atoms with Crippen LogP contribution in [0.1, 0.15) is 25.5 Å². The van der Waals surface area contributed by atoms with Gasteiger partial charge in [-0.05, 0) is 42.8 Å². The van der Waals surface area contributed by atoms with E-state index in [2.05, 4.69) is 0 Å². The minimum absolute atomic E-state index is 0.127. The van der Waals surface area contributed by atoms with Crippen LogP contribution in [0.5, 0.6) is 0 Å². The maximum Gasteiger partial charge on any atom is 0.243 e. The first kappa shape index (κ1) is 24.4. The Balaban J connectivity index is 2.24. The van der Waals surface area contributed by atoms with Gasteiger partial charge in [-0.25, -0.2) is 8.42 Å². The summed E-state index contributed by atoms with van der Waals surface area (Å²) < 4.78 is 34.7. The van der Waals surface area contributed by atoms with Crippen molar-refractivity contribution in [3.63, 3.8) is 0 Å². The van der Waals surface area contributed by atoms with Gasteiger partial charge in [-0.2, -0.15) is 4.31 Å². The summed E-state index contributed by atoms with van der Waals surface area (Å²) in [5.74, 6) is -0.262. The van der Waals surface area contributed by atoms with Crippen LogP contribution in [0, 0.1) is 0 Å². The number of carbonyl (C=O) groups excluding carboxylic acids is 1. The molecule has 2 aromatic rings. The highest BCUT2D eigenvalue weighted by Gasteiger charge is 2.28. The quantitative estimate of drug-likeness (QED) is 0.493. The summed E-state index contributed by atoms with van der Waals surface area (Å²) in [6, 6.07) is 9.85. The number of rotatable bonds is 12. The van der Waals surface area contributed by atoms with Crippen LogP contribution in [0.4, 0.5) is 0 Å². The molecule has 2 rings (SSSR count). The number of aromatic nitrogens is 1. The number of methoxy groups -OCH3 is 1. The summed E-state index contributed by atoms with van der Waals surface area (Å²) in [6.07, 6.45) is 3.39. The number of halogens is 1. The van der Waals surface area contributed by atoms with Crippen molar-refractivity contribution < 1.29 is 17.9 Å². The maximum atomic E-state index is 13.2. The molecule has 7 nitrogen and oxygen atoms in total. The zero-order chi connectivity index (χ0) is 22.1. The van der Waals surface area contributed by atoms with Crippen molar-refractivity contribution in [2.75, 3.05) is 33.4 Å². The highest BCUT2D eigenvalue weighted by molar-refractivity contribution is 7.89. The van der Waals surface area contributed by atoms with E-state index in [1.54, 1.807) is 12.0 Å². The topological polar surface area (TPSA) is 71.8 Å².